The van der Waals surface area contributed by atoms with E-state index in [1.54, 1.807) is 0 Å². The lowest BCUT2D eigenvalue weighted by molar-refractivity contribution is -0.124. The highest BCUT2D eigenvalue weighted by Gasteiger charge is 2.20. The Balaban J connectivity index is 1.82. The van der Waals surface area contributed by atoms with Crippen molar-refractivity contribution in [3.8, 4) is 5.75 Å². The van der Waals surface area contributed by atoms with Crippen molar-refractivity contribution in [2.24, 2.45) is 5.92 Å². The number of aryl methyl sites for hydroxylation is 2. The number of halogens is 1. The topological polar surface area (TPSA) is 26.3 Å². The molecule has 1 aliphatic carbocycles. The van der Waals surface area contributed by atoms with Gasteiger partial charge in [0.2, 0.25) is 0 Å². The van der Waals surface area contributed by atoms with E-state index in [2.05, 4.69) is 0 Å². The van der Waals surface area contributed by atoms with Gasteiger partial charge in [-0.15, -0.1) is 0 Å². The molecule has 1 aliphatic rings. The summed E-state index contributed by atoms with van der Waals surface area (Å²) in [5.41, 5.74) is 2.03. The fourth-order valence-electron chi connectivity index (χ4n) is 2.89. The highest BCUT2D eigenvalue weighted by Crippen LogP contribution is 2.27. The smallest absolute Gasteiger partial charge is 0.139 e. The third kappa shape index (κ3) is 3.99. The van der Waals surface area contributed by atoms with Crippen molar-refractivity contribution in [3.05, 3.63) is 28.3 Å². The van der Waals surface area contributed by atoms with Crippen LogP contribution in [0, 0.1) is 19.8 Å². The van der Waals surface area contributed by atoms with E-state index in [4.69, 9.17) is 16.3 Å². The zero-order valence-electron chi connectivity index (χ0n) is 12.4. The fraction of sp³-hybridized carbons (Fsp3) is 0.588. The van der Waals surface area contributed by atoms with Crippen LogP contribution in [0.25, 0.3) is 0 Å². The fourth-order valence-corrected chi connectivity index (χ4v) is 3.00. The lowest BCUT2D eigenvalue weighted by atomic mass is 9.85. The van der Waals surface area contributed by atoms with Crippen LogP contribution in [-0.4, -0.2) is 12.4 Å². The SMILES string of the molecule is Cc1cc(OCCC(=O)C2CCCCC2)cc(C)c1Cl. The maximum atomic E-state index is 12.1. The summed E-state index contributed by atoms with van der Waals surface area (Å²) in [6.45, 7) is 4.40. The number of ether oxygens (including phenoxy) is 1. The molecular weight excluding hydrogens is 272 g/mol. The summed E-state index contributed by atoms with van der Waals surface area (Å²) in [4.78, 5) is 12.1. The third-order valence-electron chi connectivity index (χ3n) is 4.09. The van der Waals surface area contributed by atoms with Gasteiger partial charge in [-0.3, -0.25) is 4.79 Å². The molecular formula is C17H23ClO2. The quantitative estimate of drug-likeness (QED) is 0.774. The molecule has 1 aromatic carbocycles. The van der Waals surface area contributed by atoms with Gasteiger partial charge in [-0.05, 0) is 49.9 Å². The third-order valence-corrected chi connectivity index (χ3v) is 4.68. The second kappa shape index (κ2) is 7.12. The van der Waals surface area contributed by atoms with E-state index in [1.165, 1.54) is 19.3 Å². The van der Waals surface area contributed by atoms with Crippen LogP contribution in [0.3, 0.4) is 0 Å². The Kier molecular flexibility index (Phi) is 5.47. The molecule has 0 saturated heterocycles. The largest absolute Gasteiger partial charge is 0.493 e. The van der Waals surface area contributed by atoms with Gasteiger partial charge < -0.3 is 4.74 Å². The Hall–Kier alpha value is -1.02. The van der Waals surface area contributed by atoms with Crippen LogP contribution in [0.1, 0.15) is 49.7 Å². The van der Waals surface area contributed by atoms with Crippen molar-refractivity contribution in [2.45, 2.75) is 52.4 Å². The minimum absolute atomic E-state index is 0.279. The van der Waals surface area contributed by atoms with Crippen molar-refractivity contribution in [2.75, 3.05) is 6.61 Å². The maximum Gasteiger partial charge on any atom is 0.139 e. The molecule has 0 atom stereocenters. The van der Waals surface area contributed by atoms with Crippen LogP contribution in [0.15, 0.2) is 12.1 Å². The monoisotopic (exact) mass is 294 g/mol. The number of benzene rings is 1. The first-order valence-corrected chi connectivity index (χ1v) is 7.88. The first-order valence-electron chi connectivity index (χ1n) is 7.50. The zero-order chi connectivity index (χ0) is 14.5. The Morgan fingerprint density at radius 2 is 1.80 bits per heavy atom. The van der Waals surface area contributed by atoms with Gasteiger partial charge in [0.1, 0.15) is 11.5 Å². The summed E-state index contributed by atoms with van der Waals surface area (Å²) in [7, 11) is 0. The van der Waals surface area contributed by atoms with E-state index >= 15 is 0 Å². The standard InChI is InChI=1S/C17H23ClO2/c1-12-10-15(11-13(2)17(12)18)20-9-8-16(19)14-6-4-3-5-7-14/h10-11,14H,3-9H2,1-2H3. The van der Waals surface area contributed by atoms with E-state index in [-0.39, 0.29) is 5.92 Å². The predicted octanol–water partition coefficient (Wildman–Crippen LogP) is 4.88. The summed E-state index contributed by atoms with van der Waals surface area (Å²) in [6.07, 6.45) is 6.34. The van der Waals surface area contributed by atoms with E-state index < -0.39 is 0 Å². The number of rotatable bonds is 5. The van der Waals surface area contributed by atoms with Gasteiger partial charge in [0.05, 0.1) is 6.61 Å². The Morgan fingerprint density at radius 3 is 2.40 bits per heavy atom. The molecule has 0 N–H and O–H groups in total. The molecule has 110 valence electrons. The first kappa shape index (κ1) is 15.4. The number of carbonyl (C=O) groups excluding carboxylic acids is 1. The second-order valence-corrected chi connectivity index (χ2v) is 6.15. The predicted molar refractivity (Wildman–Crippen MR) is 82.6 cm³/mol. The van der Waals surface area contributed by atoms with Crippen molar-refractivity contribution in [3.63, 3.8) is 0 Å². The maximum absolute atomic E-state index is 12.1. The van der Waals surface area contributed by atoms with E-state index in [1.807, 2.05) is 26.0 Å². The van der Waals surface area contributed by atoms with Gasteiger partial charge in [-0.25, -0.2) is 0 Å². The lowest BCUT2D eigenvalue weighted by Crippen LogP contribution is -2.19. The van der Waals surface area contributed by atoms with Gasteiger partial charge in [0.25, 0.3) is 0 Å². The Labute approximate surface area is 126 Å². The van der Waals surface area contributed by atoms with Crippen molar-refractivity contribution < 1.29 is 9.53 Å². The normalized spacial score (nSPS) is 16.1. The number of Topliss-reactive ketones (excluding diaryl/α,β-unsaturated/α-hetero) is 1. The van der Waals surface area contributed by atoms with Crippen LogP contribution < -0.4 is 4.74 Å². The van der Waals surface area contributed by atoms with Gasteiger partial charge in [-0.2, -0.15) is 0 Å². The molecule has 0 amide bonds. The highest BCUT2D eigenvalue weighted by molar-refractivity contribution is 6.32. The lowest BCUT2D eigenvalue weighted by Gasteiger charge is -2.20. The molecule has 0 spiro atoms. The average Bonchev–Trinajstić information content (AvgIpc) is 2.45. The highest BCUT2D eigenvalue weighted by atomic mass is 35.5. The summed E-state index contributed by atoms with van der Waals surface area (Å²) in [5, 5.41) is 0.788. The molecule has 2 nitrogen and oxygen atoms in total. The van der Waals surface area contributed by atoms with Crippen LogP contribution >= 0.6 is 11.6 Å². The van der Waals surface area contributed by atoms with Crippen LogP contribution in [-0.2, 0) is 4.79 Å². The van der Waals surface area contributed by atoms with Crippen molar-refractivity contribution in [1.82, 2.24) is 0 Å². The number of hydrogen-bond acceptors (Lipinski definition) is 2. The molecule has 20 heavy (non-hydrogen) atoms. The Bertz CT molecular complexity index is 453. The number of ketones is 1. The summed E-state index contributed by atoms with van der Waals surface area (Å²) in [5.74, 6) is 1.45. The van der Waals surface area contributed by atoms with Crippen molar-refractivity contribution >= 4 is 17.4 Å². The van der Waals surface area contributed by atoms with Crippen LogP contribution in [0.5, 0.6) is 5.75 Å². The first-order chi connectivity index (χ1) is 9.58. The second-order valence-electron chi connectivity index (χ2n) is 5.77. The molecule has 2 rings (SSSR count). The molecule has 0 heterocycles. The van der Waals surface area contributed by atoms with Gasteiger partial charge in [-0.1, -0.05) is 30.9 Å². The minimum Gasteiger partial charge on any atom is -0.493 e. The van der Waals surface area contributed by atoms with Crippen LogP contribution in [0.4, 0.5) is 0 Å². The number of hydrogen-bond donors (Lipinski definition) is 0. The van der Waals surface area contributed by atoms with E-state index in [9.17, 15) is 4.79 Å². The molecule has 1 saturated carbocycles. The molecule has 0 aliphatic heterocycles. The Morgan fingerprint density at radius 1 is 1.20 bits per heavy atom. The summed E-state index contributed by atoms with van der Waals surface area (Å²) in [6, 6.07) is 3.86. The zero-order valence-corrected chi connectivity index (χ0v) is 13.1. The minimum atomic E-state index is 0.279. The molecule has 0 bridgehead atoms. The average molecular weight is 295 g/mol. The summed E-state index contributed by atoms with van der Waals surface area (Å²) < 4.78 is 5.70. The molecule has 1 aromatic rings. The molecule has 0 radical (unpaired) electrons. The van der Waals surface area contributed by atoms with Gasteiger partial charge >= 0.3 is 0 Å². The summed E-state index contributed by atoms with van der Waals surface area (Å²) >= 11 is 6.13. The van der Waals surface area contributed by atoms with Gasteiger partial charge in [0, 0.05) is 17.4 Å². The van der Waals surface area contributed by atoms with Gasteiger partial charge in [0.15, 0.2) is 0 Å². The molecule has 3 heteroatoms. The van der Waals surface area contributed by atoms with E-state index in [0.29, 0.717) is 18.8 Å². The number of carbonyl (C=O) groups is 1. The molecule has 1 fully saturated rings. The molecule has 0 unspecified atom stereocenters. The van der Waals surface area contributed by atoms with Crippen molar-refractivity contribution in [1.29, 1.82) is 0 Å². The van der Waals surface area contributed by atoms with Crippen LogP contribution in [0.2, 0.25) is 5.02 Å². The van der Waals surface area contributed by atoms with E-state index in [0.717, 1.165) is 34.7 Å². The molecule has 0 aromatic heterocycles.